The fraction of sp³-hybridized carbons (Fsp3) is 0.355. The Kier molecular flexibility index (Phi) is 7.50. The molecule has 3 aromatic carbocycles. The van der Waals surface area contributed by atoms with Crippen LogP contribution in [-0.2, 0) is 34.0 Å². The molecule has 3 atom stereocenters. The Morgan fingerprint density at radius 3 is 2.60 bits per heavy atom. The third-order valence-corrected chi connectivity index (χ3v) is 8.46. The molecule has 2 amide bonds. The number of rotatable bonds is 6. The summed E-state index contributed by atoms with van der Waals surface area (Å²) in [6.45, 7) is 1.36. The fourth-order valence-electron chi connectivity index (χ4n) is 6.03. The van der Waals surface area contributed by atoms with Crippen molar-refractivity contribution in [2.45, 2.75) is 56.6 Å². The third-order valence-electron chi connectivity index (χ3n) is 8.46. The first-order valence-corrected chi connectivity index (χ1v) is 13.8. The van der Waals surface area contributed by atoms with Gasteiger partial charge in [-0.25, -0.2) is 17.6 Å². The highest BCUT2D eigenvalue weighted by atomic mass is 19.2. The number of carbonyl (C=O) groups is 2. The van der Waals surface area contributed by atoms with E-state index in [4.69, 9.17) is 4.74 Å². The van der Waals surface area contributed by atoms with E-state index in [2.05, 4.69) is 10.2 Å². The van der Waals surface area contributed by atoms with Gasteiger partial charge in [-0.15, -0.1) is 0 Å². The van der Waals surface area contributed by atoms with Gasteiger partial charge < -0.3 is 20.1 Å². The highest BCUT2D eigenvalue weighted by Gasteiger charge is 2.51. The number of amides is 2. The lowest BCUT2D eigenvalue weighted by Crippen LogP contribution is -2.52. The summed E-state index contributed by atoms with van der Waals surface area (Å²) in [5.74, 6) is -4.90. The van der Waals surface area contributed by atoms with Crippen molar-refractivity contribution in [3.05, 3.63) is 100 Å². The number of hydrogen-bond donors (Lipinski definition) is 2. The summed E-state index contributed by atoms with van der Waals surface area (Å²) in [4.78, 5) is 29.6. The van der Waals surface area contributed by atoms with Crippen molar-refractivity contribution >= 4 is 17.5 Å². The molecule has 2 saturated heterocycles. The zero-order valence-corrected chi connectivity index (χ0v) is 22.6. The predicted molar refractivity (Wildman–Crippen MR) is 144 cm³/mol. The van der Waals surface area contributed by atoms with Gasteiger partial charge in [-0.3, -0.25) is 14.5 Å². The van der Waals surface area contributed by atoms with Crippen molar-refractivity contribution in [2.24, 2.45) is 0 Å². The summed E-state index contributed by atoms with van der Waals surface area (Å²) < 4.78 is 61.2. The fourth-order valence-corrected chi connectivity index (χ4v) is 6.03. The normalized spacial score (nSPS) is 24.2. The zero-order chi connectivity index (χ0) is 29.6. The number of nitrogens with one attached hydrogen (secondary N) is 1. The average molecular weight is 584 g/mol. The highest BCUT2D eigenvalue weighted by Crippen LogP contribution is 2.37. The Labute approximate surface area is 239 Å². The van der Waals surface area contributed by atoms with Gasteiger partial charge in [0.25, 0.3) is 11.8 Å². The molecule has 6 rings (SSSR count). The number of aliphatic hydroxyl groups is 1. The molecule has 0 spiro atoms. The summed E-state index contributed by atoms with van der Waals surface area (Å²) in [5.41, 5.74) is 0.424. The quantitative estimate of drug-likeness (QED) is 0.335. The summed E-state index contributed by atoms with van der Waals surface area (Å²) in [7, 11) is 0. The summed E-state index contributed by atoms with van der Waals surface area (Å²) in [6.07, 6.45) is 0.642. The first kappa shape index (κ1) is 28.3. The maximum absolute atomic E-state index is 14.2. The van der Waals surface area contributed by atoms with Gasteiger partial charge in [-0.2, -0.15) is 0 Å². The minimum absolute atomic E-state index is 0.0823. The minimum atomic E-state index is -2.33. The molecule has 0 aliphatic carbocycles. The molecule has 0 radical (unpaired) electrons. The lowest BCUT2D eigenvalue weighted by molar-refractivity contribution is -0.149. The second-order valence-electron chi connectivity index (χ2n) is 11.0. The Hall–Kier alpha value is -3.80. The third kappa shape index (κ3) is 5.16. The van der Waals surface area contributed by atoms with E-state index in [0.717, 1.165) is 35.7 Å². The minimum Gasteiger partial charge on any atom is -0.372 e. The van der Waals surface area contributed by atoms with Crippen molar-refractivity contribution in [3.63, 3.8) is 0 Å². The van der Waals surface area contributed by atoms with Gasteiger partial charge in [0.05, 0.1) is 12.7 Å². The number of halogens is 4. The number of nitrogens with zero attached hydrogens (tertiary/aromatic N) is 2. The second kappa shape index (κ2) is 11.1. The molecule has 0 bridgehead atoms. The Morgan fingerprint density at radius 1 is 1.00 bits per heavy atom. The van der Waals surface area contributed by atoms with Crippen molar-refractivity contribution < 1.29 is 37.0 Å². The molecule has 1 unspecified atom stereocenters. The van der Waals surface area contributed by atoms with Gasteiger partial charge >= 0.3 is 0 Å². The number of carbonyl (C=O) groups excluding carboxylic acids is 2. The van der Waals surface area contributed by atoms with Gasteiger partial charge in [-0.1, -0.05) is 18.2 Å². The molecular formula is C31H29F4N3O4. The van der Waals surface area contributed by atoms with E-state index >= 15 is 0 Å². The summed E-state index contributed by atoms with van der Waals surface area (Å²) in [5, 5.41) is 13.3. The molecule has 2 N–H and O–H groups in total. The lowest BCUT2D eigenvalue weighted by atomic mass is 9.97. The van der Waals surface area contributed by atoms with E-state index in [-0.39, 0.29) is 36.7 Å². The maximum Gasteiger partial charge on any atom is 0.268 e. The van der Waals surface area contributed by atoms with Gasteiger partial charge in [0, 0.05) is 55.5 Å². The zero-order valence-electron chi connectivity index (χ0n) is 22.6. The number of ether oxygens (including phenoxy) is 1. The van der Waals surface area contributed by atoms with E-state index in [1.165, 1.54) is 23.1 Å². The van der Waals surface area contributed by atoms with Crippen LogP contribution in [0.3, 0.4) is 0 Å². The molecule has 3 aromatic rings. The molecule has 3 aliphatic rings. The maximum atomic E-state index is 14.2. The Bertz CT molecular complexity index is 1540. The molecular weight excluding hydrogens is 554 g/mol. The van der Waals surface area contributed by atoms with Crippen LogP contribution in [0.2, 0.25) is 0 Å². The van der Waals surface area contributed by atoms with Gasteiger partial charge in [0.15, 0.2) is 11.6 Å². The van der Waals surface area contributed by atoms with Crippen LogP contribution in [0.4, 0.5) is 23.2 Å². The van der Waals surface area contributed by atoms with Crippen LogP contribution in [0.15, 0.2) is 54.6 Å². The van der Waals surface area contributed by atoms with Crippen LogP contribution < -0.4 is 10.2 Å². The van der Waals surface area contributed by atoms with Crippen molar-refractivity contribution in [2.75, 3.05) is 18.1 Å². The van der Waals surface area contributed by atoms with E-state index in [9.17, 15) is 32.3 Å². The largest absolute Gasteiger partial charge is 0.372 e. The van der Waals surface area contributed by atoms with Crippen LogP contribution in [-0.4, -0.2) is 46.6 Å². The number of hydrogen-bond acceptors (Lipinski definition) is 5. The molecule has 0 aromatic heterocycles. The van der Waals surface area contributed by atoms with Crippen LogP contribution in [0, 0.1) is 23.3 Å². The van der Waals surface area contributed by atoms with E-state index in [0.29, 0.717) is 31.8 Å². The number of fused-ring (bicyclic) bond motifs is 1. The molecule has 2 fully saturated rings. The number of anilines is 1. The Balaban J connectivity index is 1.07. The molecule has 11 heteroatoms. The summed E-state index contributed by atoms with van der Waals surface area (Å²) >= 11 is 0. The van der Waals surface area contributed by atoms with E-state index in [1.54, 1.807) is 6.07 Å². The van der Waals surface area contributed by atoms with Crippen LogP contribution in [0.25, 0.3) is 0 Å². The van der Waals surface area contributed by atoms with Crippen molar-refractivity contribution in [3.8, 4) is 0 Å². The van der Waals surface area contributed by atoms with Gasteiger partial charge in [0.2, 0.25) is 5.60 Å². The second-order valence-corrected chi connectivity index (χ2v) is 11.0. The lowest BCUT2D eigenvalue weighted by Gasteiger charge is -2.35. The molecule has 3 aliphatic heterocycles. The molecule has 0 saturated carbocycles. The standard InChI is InChI=1S/C31H29F4N3O4/c32-21-5-8-25(33)24(13-21)27-9-7-23(17-42-27)37-15-19-4-6-22(12-20(19)16-37)38-11-10-31(41,30(38)40)29(39)36-14-18-2-1-3-26(34)28(18)35/h1-6,8,12-13,23,27,41H,7,9-11,14-17H2,(H,36,39)/t23-,27+,31?/m1/s1. The van der Waals surface area contributed by atoms with E-state index < -0.39 is 46.8 Å². The molecule has 3 heterocycles. The van der Waals surface area contributed by atoms with Gasteiger partial charge in [-0.05, 0) is 60.4 Å². The smallest absolute Gasteiger partial charge is 0.268 e. The number of benzene rings is 3. The van der Waals surface area contributed by atoms with Crippen molar-refractivity contribution in [1.29, 1.82) is 0 Å². The van der Waals surface area contributed by atoms with Crippen LogP contribution >= 0.6 is 0 Å². The highest BCUT2D eigenvalue weighted by molar-refractivity contribution is 6.16. The van der Waals surface area contributed by atoms with Crippen LogP contribution in [0.5, 0.6) is 0 Å². The first-order chi connectivity index (χ1) is 20.1. The van der Waals surface area contributed by atoms with Gasteiger partial charge in [0.1, 0.15) is 11.6 Å². The average Bonchev–Trinajstić information content (AvgIpc) is 3.55. The molecule has 42 heavy (non-hydrogen) atoms. The van der Waals surface area contributed by atoms with Crippen molar-refractivity contribution in [1.82, 2.24) is 10.2 Å². The monoisotopic (exact) mass is 583 g/mol. The summed E-state index contributed by atoms with van der Waals surface area (Å²) in [6, 6.07) is 12.6. The first-order valence-electron chi connectivity index (χ1n) is 13.8. The molecule has 7 nitrogen and oxygen atoms in total. The van der Waals surface area contributed by atoms with Crippen LogP contribution in [0.1, 0.15) is 47.6 Å². The van der Waals surface area contributed by atoms with E-state index in [1.807, 2.05) is 12.1 Å². The SMILES string of the molecule is O=C(NCc1cccc(F)c1F)C1(O)CCN(c2ccc3c(c2)CN([C@@H]2CC[C@@H](c4cc(F)ccc4F)OC2)C3)C1=O. The molecule has 220 valence electrons. The predicted octanol–water partition coefficient (Wildman–Crippen LogP) is 4.26. The Morgan fingerprint density at radius 2 is 1.81 bits per heavy atom. The topological polar surface area (TPSA) is 82.1 Å².